The fourth-order valence-electron chi connectivity index (χ4n) is 2.53. The Hall–Kier alpha value is -1.50. The van der Waals surface area contributed by atoms with Crippen LogP contribution in [0.1, 0.15) is 5.56 Å². The molecular weight excluding hydrogens is 723 g/mol. The lowest BCUT2D eigenvalue weighted by Crippen LogP contribution is -2.24. The van der Waals surface area contributed by atoms with E-state index in [0.717, 1.165) is 6.26 Å². The van der Waals surface area contributed by atoms with Crippen LogP contribution in [0.15, 0.2) is 65.6 Å². The summed E-state index contributed by atoms with van der Waals surface area (Å²) in [6.45, 7) is 0. The molecule has 0 aliphatic carbocycles. The van der Waals surface area contributed by atoms with Gasteiger partial charge in [0.15, 0.2) is 29.5 Å². The third kappa shape index (κ3) is 18.6. The molecule has 41 heavy (non-hydrogen) atoms. The molecule has 0 saturated heterocycles. The molecule has 0 bridgehead atoms. The minimum atomic E-state index is -3.62. The van der Waals surface area contributed by atoms with Crippen LogP contribution in [-0.4, -0.2) is 61.8 Å². The van der Waals surface area contributed by atoms with Gasteiger partial charge in [-0.1, -0.05) is 118 Å². The molecule has 2 aromatic rings. The van der Waals surface area contributed by atoms with Crippen LogP contribution in [0.5, 0.6) is 0 Å². The molecule has 0 spiro atoms. The molecule has 0 radical (unpaired) electrons. The minimum absolute atomic E-state index is 0.103. The summed E-state index contributed by atoms with van der Waals surface area (Å²) in [4.78, 5) is 0.103. The quantitative estimate of drug-likeness (QED) is 0.314. The third-order valence-corrected chi connectivity index (χ3v) is 10.7. The molecule has 224 valence electrons. The zero-order chi connectivity index (χ0) is 32.2. The molecule has 9 nitrogen and oxygen atoms in total. The van der Waals surface area contributed by atoms with E-state index in [1.165, 1.54) is 30.3 Å². The lowest BCUT2D eigenvalue weighted by atomic mass is 10.2. The predicted octanol–water partition coefficient (Wildman–Crippen LogP) is 5.19. The molecule has 0 amide bonds. The van der Waals surface area contributed by atoms with Gasteiger partial charge in [0.05, 0.1) is 22.2 Å². The second-order valence-corrected chi connectivity index (χ2v) is 18.8. The standard InChI is InChI=1S/C10H9Cl2NO2S.C9H7Cl2NO2S.C4H5Cl2NO2S/c11-10(12,7-13)8-16(14,15)6-9-4-2-1-3-5-9;10-9(11,6-12)7-15(13,14)8-4-2-1-3-5-8;1-10(8,9)3-4(5,6)2-7/h1-5H,6,8H2;1-5H,7H2;3H2,1H3. The molecule has 2 aromatic carbocycles. The summed E-state index contributed by atoms with van der Waals surface area (Å²) in [6.07, 6.45) is 0.962. The van der Waals surface area contributed by atoms with Gasteiger partial charge < -0.3 is 0 Å². The Kier molecular flexibility index (Phi) is 15.8. The highest BCUT2D eigenvalue weighted by atomic mass is 35.5. The molecule has 0 fully saturated rings. The fraction of sp³-hybridized carbons (Fsp3) is 0.348. The van der Waals surface area contributed by atoms with E-state index in [1.807, 2.05) is 0 Å². The summed E-state index contributed by atoms with van der Waals surface area (Å²) in [6, 6.07) is 20.9. The summed E-state index contributed by atoms with van der Waals surface area (Å²) in [5.74, 6) is -1.91. The first kappa shape index (κ1) is 39.5. The van der Waals surface area contributed by atoms with Crippen molar-refractivity contribution in [1.82, 2.24) is 0 Å². The number of hydrogen-bond acceptors (Lipinski definition) is 9. The van der Waals surface area contributed by atoms with E-state index in [1.54, 1.807) is 48.5 Å². The molecule has 0 aromatic heterocycles. The lowest BCUT2D eigenvalue weighted by Gasteiger charge is -2.10. The Morgan fingerprint density at radius 2 is 0.976 bits per heavy atom. The van der Waals surface area contributed by atoms with E-state index in [0.29, 0.717) is 5.56 Å². The first-order chi connectivity index (χ1) is 18.5. The topological polar surface area (TPSA) is 174 Å². The Bertz CT molecular complexity index is 1600. The average Bonchev–Trinajstić information content (AvgIpc) is 2.83. The molecule has 0 aliphatic rings. The van der Waals surface area contributed by atoms with Gasteiger partial charge in [-0.05, 0) is 17.7 Å². The number of benzene rings is 2. The molecule has 18 heteroatoms. The monoisotopic (exact) mass is 741 g/mol. The highest BCUT2D eigenvalue weighted by Crippen LogP contribution is 2.25. The third-order valence-electron chi connectivity index (χ3n) is 4.04. The van der Waals surface area contributed by atoms with Crippen molar-refractivity contribution in [2.24, 2.45) is 0 Å². The van der Waals surface area contributed by atoms with Gasteiger partial charge in [-0.3, -0.25) is 0 Å². The van der Waals surface area contributed by atoms with Crippen molar-refractivity contribution in [3.05, 3.63) is 66.2 Å². The fourth-order valence-corrected chi connectivity index (χ4v) is 9.00. The number of alkyl halides is 6. The molecule has 0 saturated carbocycles. The maximum absolute atomic E-state index is 11.7. The SMILES string of the molecule is CS(=O)(=O)CC(Cl)(Cl)C#N.N#CC(Cl)(Cl)CS(=O)(=O)Cc1ccccc1.N#CC(Cl)(Cl)CS(=O)(=O)c1ccccc1. The predicted molar refractivity (Wildman–Crippen MR) is 162 cm³/mol. The van der Waals surface area contributed by atoms with Crippen molar-refractivity contribution in [2.45, 2.75) is 23.6 Å². The van der Waals surface area contributed by atoms with Crippen LogP contribution in [0.3, 0.4) is 0 Å². The van der Waals surface area contributed by atoms with Crippen molar-refractivity contribution in [2.75, 3.05) is 23.5 Å². The van der Waals surface area contributed by atoms with Gasteiger partial charge in [-0.15, -0.1) is 0 Å². The smallest absolute Gasteiger partial charge is 0.217 e. The highest BCUT2D eigenvalue weighted by molar-refractivity contribution is 7.91. The zero-order valence-corrected chi connectivity index (χ0v) is 27.9. The molecule has 0 aliphatic heterocycles. The first-order valence-electron chi connectivity index (χ1n) is 10.6. The van der Waals surface area contributed by atoms with Gasteiger partial charge in [-0.2, -0.15) is 15.8 Å². The van der Waals surface area contributed by atoms with E-state index in [2.05, 4.69) is 0 Å². The van der Waals surface area contributed by atoms with E-state index < -0.39 is 59.8 Å². The summed E-state index contributed by atoms with van der Waals surface area (Å²) in [7, 11) is -10.4. The van der Waals surface area contributed by atoms with Crippen molar-refractivity contribution < 1.29 is 25.3 Å². The molecule has 0 unspecified atom stereocenters. The zero-order valence-electron chi connectivity index (χ0n) is 20.9. The number of nitrogens with zero attached hydrogens (tertiary/aromatic N) is 3. The number of hydrogen-bond donors (Lipinski definition) is 0. The molecule has 2 rings (SSSR count). The normalized spacial score (nSPS) is 12.2. The summed E-state index contributed by atoms with van der Waals surface area (Å²) in [5.41, 5.74) is 0.643. The van der Waals surface area contributed by atoms with Gasteiger partial charge in [-0.25, -0.2) is 25.3 Å². The van der Waals surface area contributed by atoms with E-state index >= 15 is 0 Å². The second-order valence-electron chi connectivity index (χ2n) is 8.11. The number of sulfone groups is 3. The Labute approximate surface area is 269 Å². The van der Waals surface area contributed by atoms with Crippen molar-refractivity contribution in [1.29, 1.82) is 15.8 Å². The van der Waals surface area contributed by atoms with Gasteiger partial charge in [0.2, 0.25) is 13.0 Å². The van der Waals surface area contributed by atoms with Crippen LogP contribution in [0.4, 0.5) is 0 Å². The van der Waals surface area contributed by atoms with Gasteiger partial charge in [0.25, 0.3) is 0 Å². The van der Waals surface area contributed by atoms with Gasteiger partial charge in [0, 0.05) is 6.26 Å². The first-order valence-corrected chi connectivity index (χ1v) is 18.4. The van der Waals surface area contributed by atoms with Crippen LogP contribution < -0.4 is 0 Å². The largest absolute Gasteiger partial charge is 0.229 e. The molecule has 0 heterocycles. The van der Waals surface area contributed by atoms with Crippen molar-refractivity contribution >= 4 is 99.1 Å². The lowest BCUT2D eigenvalue weighted by molar-refractivity contribution is 0.593. The van der Waals surface area contributed by atoms with Crippen LogP contribution in [-0.2, 0) is 35.3 Å². The second kappa shape index (κ2) is 16.4. The van der Waals surface area contributed by atoms with Crippen molar-refractivity contribution in [3.63, 3.8) is 0 Å². The maximum Gasteiger partial charge on any atom is 0.217 e. The highest BCUT2D eigenvalue weighted by Gasteiger charge is 2.32. The summed E-state index contributed by atoms with van der Waals surface area (Å²) in [5, 5.41) is 25.3. The minimum Gasteiger partial charge on any atom is -0.229 e. The van der Waals surface area contributed by atoms with E-state index in [9.17, 15) is 25.3 Å². The Morgan fingerprint density at radius 1 is 0.610 bits per heavy atom. The average molecular weight is 744 g/mol. The van der Waals surface area contributed by atoms with Crippen LogP contribution in [0.25, 0.3) is 0 Å². The van der Waals surface area contributed by atoms with Gasteiger partial charge in [0.1, 0.15) is 24.0 Å². The van der Waals surface area contributed by atoms with Gasteiger partial charge >= 0.3 is 0 Å². The van der Waals surface area contributed by atoms with E-state index in [4.69, 9.17) is 85.4 Å². The Balaban J connectivity index is 0.000000603. The Morgan fingerprint density at radius 3 is 1.34 bits per heavy atom. The van der Waals surface area contributed by atoms with E-state index in [-0.39, 0.29) is 10.6 Å². The van der Waals surface area contributed by atoms with Crippen molar-refractivity contribution in [3.8, 4) is 18.2 Å². The molecule has 0 N–H and O–H groups in total. The van der Waals surface area contributed by atoms with Crippen LogP contribution >= 0.6 is 69.6 Å². The number of halogens is 6. The molecular formula is C23H21Cl6N3O6S3. The van der Waals surface area contributed by atoms with Crippen LogP contribution in [0.2, 0.25) is 0 Å². The summed E-state index contributed by atoms with van der Waals surface area (Å²) >= 11 is 32.4. The number of rotatable bonds is 9. The summed E-state index contributed by atoms with van der Waals surface area (Å²) < 4.78 is 62.1. The maximum atomic E-state index is 11.7. The van der Waals surface area contributed by atoms with Crippen LogP contribution in [0, 0.1) is 34.0 Å². The number of nitriles is 3. The molecule has 0 atom stereocenters.